The van der Waals surface area contributed by atoms with Crippen molar-refractivity contribution in [1.82, 2.24) is 15.5 Å². The molecule has 2 N–H and O–H groups in total. The number of benzene rings is 2. The Morgan fingerprint density at radius 3 is 2.13 bits per heavy atom. The summed E-state index contributed by atoms with van der Waals surface area (Å²) in [6.07, 6.45) is 1.53. The molecule has 0 saturated carbocycles. The van der Waals surface area contributed by atoms with Crippen molar-refractivity contribution < 1.29 is 19.1 Å². The average molecular weight is 426 g/mol. The van der Waals surface area contributed by atoms with Crippen LogP contribution >= 0.6 is 0 Å². The summed E-state index contributed by atoms with van der Waals surface area (Å²) >= 11 is 0. The first-order valence-corrected chi connectivity index (χ1v) is 10.5. The van der Waals surface area contributed by atoms with Crippen molar-refractivity contribution in [1.29, 1.82) is 0 Å². The van der Waals surface area contributed by atoms with E-state index in [1.165, 1.54) is 0 Å². The molecular weight excluding hydrogens is 394 g/mol. The van der Waals surface area contributed by atoms with Crippen LogP contribution in [0, 0.1) is 5.41 Å². The molecule has 2 aromatic rings. The molecule has 3 rings (SSSR count). The summed E-state index contributed by atoms with van der Waals surface area (Å²) in [5.41, 5.74) is 1.31. The number of ether oxygens (including phenoxy) is 2. The number of nitrogens with one attached hydrogen (secondary N) is 2. The van der Waals surface area contributed by atoms with Crippen LogP contribution in [0.2, 0.25) is 0 Å². The van der Waals surface area contributed by atoms with Crippen LogP contribution in [-0.4, -0.2) is 44.1 Å². The summed E-state index contributed by atoms with van der Waals surface area (Å²) in [4.78, 5) is 27.4. The SMILES string of the molecule is COc1cccc(CNC(=O)N2CCCC(C)(C(=O)NCc3cccc(OC)c3)C2)c1. The highest BCUT2D eigenvalue weighted by Gasteiger charge is 2.39. The first kappa shape index (κ1) is 22.5. The predicted octanol–water partition coefficient (Wildman–Crippen LogP) is 3.33. The van der Waals surface area contributed by atoms with Crippen LogP contribution in [0.5, 0.6) is 11.5 Å². The van der Waals surface area contributed by atoms with E-state index >= 15 is 0 Å². The molecule has 7 heteroatoms. The number of nitrogens with zero attached hydrogens (tertiary/aromatic N) is 1. The molecule has 1 heterocycles. The van der Waals surface area contributed by atoms with Gasteiger partial charge < -0.3 is 25.0 Å². The lowest BCUT2D eigenvalue weighted by molar-refractivity contribution is -0.132. The topological polar surface area (TPSA) is 79.9 Å². The number of methoxy groups -OCH3 is 2. The van der Waals surface area contributed by atoms with Gasteiger partial charge in [-0.25, -0.2) is 4.79 Å². The summed E-state index contributed by atoms with van der Waals surface area (Å²) < 4.78 is 10.5. The lowest BCUT2D eigenvalue weighted by Gasteiger charge is -2.39. The highest BCUT2D eigenvalue weighted by molar-refractivity contribution is 5.84. The zero-order valence-corrected chi connectivity index (χ0v) is 18.4. The Morgan fingerprint density at radius 2 is 1.55 bits per heavy atom. The Balaban J connectivity index is 1.54. The number of rotatable bonds is 7. The maximum absolute atomic E-state index is 13.0. The molecule has 0 radical (unpaired) electrons. The van der Waals surface area contributed by atoms with Crippen LogP contribution in [0.15, 0.2) is 48.5 Å². The number of carbonyl (C=O) groups is 2. The second kappa shape index (κ2) is 10.2. The average Bonchev–Trinajstić information content (AvgIpc) is 2.81. The molecule has 0 spiro atoms. The number of likely N-dealkylation sites (tertiary alicyclic amines) is 1. The van der Waals surface area contributed by atoms with Gasteiger partial charge in [-0.2, -0.15) is 0 Å². The molecule has 1 atom stereocenters. The number of amides is 3. The van der Waals surface area contributed by atoms with Crippen molar-refractivity contribution >= 4 is 11.9 Å². The third kappa shape index (κ3) is 5.90. The first-order chi connectivity index (χ1) is 14.9. The van der Waals surface area contributed by atoms with Gasteiger partial charge in [-0.1, -0.05) is 24.3 Å². The standard InChI is InChI=1S/C24H31N3O4/c1-24(22(28)25-15-18-7-4-9-20(13-18)30-2)11-6-12-27(17-24)23(29)26-16-19-8-5-10-21(14-19)31-3/h4-5,7-10,13-14H,6,11-12,15-17H2,1-3H3,(H,25,28)(H,26,29). The quantitative estimate of drug-likeness (QED) is 0.713. The Morgan fingerprint density at radius 1 is 0.968 bits per heavy atom. The number of urea groups is 1. The smallest absolute Gasteiger partial charge is 0.317 e. The molecule has 7 nitrogen and oxygen atoms in total. The van der Waals surface area contributed by atoms with Crippen LogP contribution < -0.4 is 20.1 Å². The molecule has 1 aliphatic rings. The maximum atomic E-state index is 13.0. The van der Waals surface area contributed by atoms with Gasteiger partial charge in [-0.15, -0.1) is 0 Å². The molecule has 0 aromatic heterocycles. The predicted molar refractivity (Wildman–Crippen MR) is 119 cm³/mol. The lowest BCUT2D eigenvalue weighted by atomic mass is 9.81. The van der Waals surface area contributed by atoms with Gasteiger partial charge in [-0.05, 0) is 55.2 Å². The van der Waals surface area contributed by atoms with E-state index in [1.807, 2.05) is 55.5 Å². The molecule has 0 aliphatic carbocycles. The molecule has 1 unspecified atom stereocenters. The van der Waals surface area contributed by atoms with E-state index in [1.54, 1.807) is 19.1 Å². The monoisotopic (exact) mass is 425 g/mol. The van der Waals surface area contributed by atoms with Gasteiger partial charge in [0.15, 0.2) is 0 Å². The second-order valence-electron chi connectivity index (χ2n) is 8.13. The fraction of sp³-hybridized carbons (Fsp3) is 0.417. The Labute approximate surface area is 183 Å². The molecule has 1 saturated heterocycles. The van der Waals surface area contributed by atoms with Crippen molar-refractivity contribution in [3.8, 4) is 11.5 Å². The lowest BCUT2D eigenvalue weighted by Crippen LogP contribution is -2.53. The van der Waals surface area contributed by atoms with E-state index in [9.17, 15) is 9.59 Å². The second-order valence-corrected chi connectivity index (χ2v) is 8.13. The fourth-order valence-electron chi connectivity index (χ4n) is 3.85. The normalized spacial score (nSPS) is 18.2. The van der Waals surface area contributed by atoms with Crippen molar-refractivity contribution in [2.24, 2.45) is 5.41 Å². The van der Waals surface area contributed by atoms with Crippen molar-refractivity contribution in [2.45, 2.75) is 32.9 Å². The van der Waals surface area contributed by atoms with Gasteiger partial charge >= 0.3 is 6.03 Å². The third-order valence-corrected chi connectivity index (χ3v) is 5.70. The highest BCUT2D eigenvalue weighted by atomic mass is 16.5. The Kier molecular flexibility index (Phi) is 7.39. The summed E-state index contributed by atoms with van der Waals surface area (Å²) in [5, 5.41) is 5.98. The van der Waals surface area contributed by atoms with E-state index in [4.69, 9.17) is 9.47 Å². The highest BCUT2D eigenvalue weighted by Crippen LogP contribution is 2.30. The molecule has 166 valence electrons. The van der Waals surface area contributed by atoms with Gasteiger partial charge in [0.25, 0.3) is 0 Å². The largest absolute Gasteiger partial charge is 0.497 e. The number of hydrogen-bond acceptors (Lipinski definition) is 4. The van der Waals surface area contributed by atoms with Crippen molar-refractivity contribution in [3.05, 3.63) is 59.7 Å². The zero-order chi connectivity index (χ0) is 22.3. The molecular formula is C24H31N3O4. The molecule has 1 fully saturated rings. The van der Waals surface area contributed by atoms with Crippen LogP contribution in [0.3, 0.4) is 0 Å². The molecule has 1 aliphatic heterocycles. The Hall–Kier alpha value is -3.22. The van der Waals surface area contributed by atoms with Crippen LogP contribution in [0.1, 0.15) is 30.9 Å². The van der Waals surface area contributed by atoms with Gasteiger partial charge in [-0.3, -0.25) is 4.79 Å². The van der Waals surface area contributed by atoms with Gasteiger partial charge in [0, 0.05) is 26.2 Å². The van der Waals surface area contributed by atoms with Crippen molar-refractivity contribution in [2.75, 3.05) is 27.3 Å². The molecule has 31 heavy (non-hydrogen) atoms. The molecule has 0 bridgehead atoms. The summed E-state index contributed by atoms with van der Waals surface area (Å²) in [6.45, 7) is 3.79. The molecule has 3 amide bonds. The fourth-order valence-corrected chi connectivity index (χ4v) is 3.85. The van der Waals surface area contributed by atoms with Gasteiger partial charge in [0.1, 0.15) is 11.5 Å². The third-order valence-electron chi connectivity index (χ3n) is 5.70. The van der Waals surface area contributed by atoms with Gasteiger partial charge in [0.05, 0.1) is 19.6 Å². The van der Waals surface area contributed by atoms with Crippen LogP contribution in [0.4, 0.5) is 4.79 Å². The minimum absolute atomic E-state index is 0.0411. The summed E-state index contributed by atoms with van der Waals surface area (Å²) in [7, 11) is 3.24. The first-order valence-electron chi connectivity index (χ1n) is 10.5. The minimum atomic E-state index is -0.621. The van der Waals surface area contributed by atoms with E-state index < -0.39 is 5.41 Å². The zero-order valence-electron chi connectivity index (χ0n) is 18.4. The van der Waals surface area contributed by atoms with E-state index in [0.29, 0.717) is 26.2 Å². The summed E-state index contributed by atoms with van der Waals surface area (Å²) in [6, 6.07) is 15.1. The van der Waals surface area contributed by atoms with Crippen molar-refractivity contribution in [3.63, 3.8) is 0 Å². The van der Waals surface area contributed by atoms with Crippen LogP contribution in [-0.2, 0) is 17.9 Å². The van der Waals surface area contributed by atoms with E-state index in [0.717, 1.165) is 35.5 Å². The van der Waals surface area contributed by atoms with E-state index in [-0.39, 0.29) is 11.9 Å². The Bertz CT molecular complexity index is 917. The maximum Gasteiger partial charge on any atom is 0.317 e. The number of hydrogen-bond donors (Lipinski definition) is 2. The van der Waals surface area contributed by atoms with Gasteiger partial charge in [0.2, 0.25) is 5.91 Å². The molecule has 2 aromatic carbocycles. The number of carbonyl (C=O) groups excluding carboxylic acids is 2. The number of piperidine rings is 1. The van der Waals surface area contributed by atoms with Crippen LogP contribution in [0.25, 0.3) is 0 Å². The minimum Gasteiger partial charge on any atom is -0.497 e. The summed E-state index contributed by atoms with van der Waals surface area (Å²) in [5.74, 6) is 1.47. The van der Waals surface area contributed by atoms with E-state index in [2.05, 4.69) is 10.6 Å².